The predicted molar refractivity (Wildman–Crippen MR) is 60.0 cm³/mol. The van der Waals surface area contributed by atoms with Crippen LogP contribution in [0.2, 0.25) is 10.0 Å². The molecule has 13 heavy (non-hydrogen) atoms. The van der Waals surface area contributed by atoms with Crippen LogP contribution in [0, 0.1) is 0 Å². The van der Waals surface area contributed by atoms with Crippen molar-refractivity contribution in [3.05, 3.63) is 44.4 Å². The fourth-order valence-electron chi connectivity index (χ4n) is 0.874. The number of allylic oxidation sites excluding steroid dienone is 1. The molecule has 0 aliphatic carbocycles. The van der Waals surface area contributed by atoms with Gasteiger partial charge in [-0.15, -0.1) is 0 Å². The Labute approximate surface area is 97.0 Å². The number of rotatable bonds is 2. The second-order valence-corrected chi connectivity index (χ2v) is 4.29. The average molecular weight is 256 g/mol. The van der Waals surface area contributed by atoms with Crippen molar-refractivity contribution in [1.29, 1.82) is 0 Å². The van der Waals surface area contributed by atoms with Gasteiger partial charge in [0.2, 0.25) is 0 Å². The van der Waals surface area contributed by atoms with Gasteiger partial charge in [0.05, 0.1) is 0 Å². The summed E-state index contributed by atoms with van der Waals surface area (Å²) in [5, 5.41) is 1.24. The Morgan fingerprint density at radius 1 is 1.23 bits per heavy atom. The van der Waals surface area contributed by atoms with E-state index in [1.165, 1.54) is 0 Å². The molecule has 0 atom stereocenters. The van der Waals surface area contributed by atoms with Gasteiger partial charge >= 0.3 is 0 Å². The molecule has 0 amide bonds. The van der Waals surface area contributed by atoms with Gasteiger partial charge in [-0.05, 0) is 30.2 Å². The highest BCUT2D eigenvalue weighted by atomic mass is 35.5. The zero-order chi connectivity index (χ0) is 9.84. The zero-order valence-corrected chi connectivity index (χ0v) is 9.55. The topological polar surface area (TPSA) is 0 Å². The van der Waals surface area contributed by atoms with Crippen molar-refractivity contribution in [1.82, 2.24) is 0 Å². The van der Waals surface area contributed by atoms with Crippen LogP contribution < -0.4 is 0 Å². The molecule has 0 radical (unpaired) electrons. The van der Waals surface area contributed by atoms with E-state index in [1.54, 1.807) is 18.2 Å². The fraction of sp³-hybridized carbons (Fsp3) is 0.111. The monoisotopic (exact) mass is 254 g/mol. The Morgan fingerprint density at radius 2 is 1.92 bits per heavy atom. The van der Waals surface area contributed by atoms with E-state index in [9.17, 15) is 0 Å². The van der Waals surface area contributed by atoms with Crippen LogP contribution in [-0.2, 0) is 6.42 Å². The summed E-state index contributed by atoms with van der Waals surface area (Å²) in [6.45, 7) is 0. The van der Waals surface area contributed by atoms with Crippen molar-refractivity contribution in [3.8, 4) is 0 Å². The molecule has 0 fully saturated rings. The van der Waals surface area contributed by atoms with E-state index in [0.29, 0.717) is 16.5 Å². The molecule has 70 valence electrons. The number of halogens is 4. The van der Waals surface area contributed by atoms with Crippen molar-refractivity contribution < 1.29 is 0 Å². The standard InChI is InChI=1S/C9H6Cl4/c10-7-3-1-6(8(11)5-7)2-4-9(12)13/h1,3-5H,2H2. The first-order valence-electron chi connectivity index (χ1n) is 3.54. The lowest BCUT2D eigenvalue weighted by molar-refractivity contribution is 1.27. The average Bonchev–Trinajstić information content (AvgIpc) is 2.02. The van der Waals surface area contributed by atoms with Gasteiger partial charge in [0, 0.05) is 10.0 Å². The summed E-state index contributed by atoms with van der Waals surface area (Å²) in [4.78, 5) is 0. The number of hydrogen-bond acceptors (Lipinski definition) is 0. The van der Waals surface area contributed by atoms with Crippen LogP contribution in [0.25, 0.3) is 0 Å². The van der Waals surface area contributed by atoms with Crippen LogP contribution in [0.3, 0.4) is 0 Å². The summed E-state index contributed by atoms with van der Waals surface area (Å²) in [5.41, 5.74) is 0.949. The largest absolute Gasteiger partial charge is 0.103 e. The summed E-state index contributed by atoms with van der Waals surface area (Å²) in [6, 6.07) is 5.31. The maximum absolute atomic E-state index is 5.91. The van der Waals surface area contributed by atoms with Crippen LogP contribution >= 0.6 is 46.4 Å². The van der Waals surface area contributed by atoms with Gasteiger partial charge in [0.1, 0.15) is 4.49 Å². The first kappa shape index (κ1) is 11.2. The Balaban J connectivity index is 2.84. The molecule has 1 aromatic carbocycles. The van der Waals surface area contributed by atoms with E-state index in [4.69, 9.17) is 46.4 Å². The fourth-order valence-corrected chi connectivity index (χ4v) is 1.51. The van der Waals surface area contributed by atoms with Crippen molar-refractivity contribution in [2.75, 3.05) is 0 Å². The molecule has 0 spiro atoms. The van der Waals surface area contributed by atoms with E-state index in [0.717, 1.165) is 5.56 Å². The molecule has 1 rings (SSSR count). The highest BCUT2D eigenvalue weighted by Gasteiger charge is 1.99. The van der Waals surface area contributed by atoms with E-state index >= 15 is 0 Å². The maximum Gasteiger partial charge on any atom is 0.103 e. The lowest BCUT2D eigenvalue weighted by Gasteiger charge is -2.00. The summed E-state index contributed by atoms with van der Waals surface area (Å²) >= 11 is 22.6. The molecule has 0 bridgehead atoms. The molecule has 0 aromatic heterocycles. The van der Waals surface area contributed by atoms with Crippen molar-refractivity contribution in [2.45, 2.75) is 6.42 Å². The first-order chi connectivity index (χ1) is 6.09. The molecule has 0 aliphatic heterocycles. The van der Waals surface area contributed by atoms with E-state index < -0.39 is 0 Å². The number of benzene rings is 1. The molecule has 0 saturated carbocycles. The van der Waals surface area contributed by atoms with Gasteiger partial charge in [-0.1, -0.05) is 52.5 Å². The summed E-state index contributed by atoms with van der Waals surface area (Å²) in [5.74, 6) is 0. The smallest absolute Gasteiger partial charge is 0.0843 e. The summed E-state index contributed by atoms with van der Waals surface area (Å²) < 4.78 is 0.242. The van der Waals surface area contributed by atoms with Gasteiger partial charge in [-0.2, -0.15) is 0 Å². The van der Waals surface area contributed by atoms with Crippen molar-refractivity contribution in [3.63, 3.8) is 0 Å². The molecule has 0 heterocycles. The van der Waals surface area contributed by atoms with Crippen LogP contribution in [0.5, 0.6) is 0 Å². The quantitative estimate of drug-likeness (QED) is 0.709. The Kier molecular flexibility index (Phi) is 4.40. The van der Waals surface area contributed by atoms with Crippen LogP contribution in [0.15, 0.2) is 28.8 Å². The summed E-state index contributed by atoms with van der Waals surface area (Å²) in [6.07, 6.45) is 2.29. The van der Waals surface area contributed by atoms with E-state index in [-0.39, 0.29) is 4.49 Å². The highest BCUT2D eigenvalue weighted by molar-refractivity contribution is 6.55. The van der Waals surface area contributed by atoms with Crippen LogP contribution in [-0.4, -0.2) is 0 Å². The van der Waals surface area contributed by atoms with E-state index in [1.807, 2.05) is 6.07 Å². The molecular weight excluding hydrogens is 250 g/mol. The third kappa shape index (κ3) is 3.78. The SMILES string of the molecule is ClC(Cl)=CCc1ccc(Cl)cc1Cl. The second kappa shape index (κ2) is 5.11. The molecular formula is C9H6Cl4. The van der Waals surface area contributed by atoms with Gasteiger partial charge < -0.3 is 0 Å². The van der Waals surface area contributed by atoms with Crippen LogP contribution in [0.4, 0.5) is 0 Å². The van der Waals surface area contributed by atoms with Crippen molar-refractivity contribution in [2.24, 2.45) is 0 Å². The molecule has 0 unspecified atom stereocenters. The minimum Gasteiger partial charge on any atom is -0.0843 e. The minimum absolute atomic E-state index is 0.242. The van der Waals surface area contributed by atoms with E-state index in [2.05, 4.69) is 0 Å². The van der Waals surface area contributed by atoms with Gasteiger partial charge in [-0.25, -0.2) is 0 Å². The van der Waals surface area contributed by atoms with Crippen LogP contribution in [0.1, 0.15) is 5.56 Å². The van der Waals surface area contributed by atoms with Gasteiger partial charge in [0.25, 0.3) is 0 Å². The Hall–Kier alpha value is 0.120. The lowest BCUT2D eigenvalue weighted by atomic mass is 10.1. The van der Waals surface area contributed by atoms with Crippen molar-refractivity contribution >= 4 is 46.4 Å². The Morgan fingerprint density at radius 3 is 2.46 bits per heavy atom. The minimum atomic E-state index is 0.242. The Bertz CT molecular complexity index is 326. The van der Waals surface area contributed by atoms with Gasteiger partial charge in [-0.3, -0.25) is 0 Å². The third-order valence-electron chi connectivity index (χ3n) is 1.49. The third-order valence-corrected chi connectivity index (χ3v) is 2.39. The second-order valence-electron chi connectivity index (χ2n) is 2.43. The predicted octanol–water partition coefficient (Wildman–Crippen LogP) is 4.85. The highest BCUT2D eigenvalue weighted by Crippen LogP contribution is 2.22. The zero-order valence-electron chi connectivity index (χ0n) is 6.53. The molecule has 0 N–H and O–H groups in total. The van der Waals surface area contributed by atoms with Gasteiger partial charge in [0.15, 0.2) is 0 Å². The maximum atomic E-state index is 5.91. The molecule has 0 nitrogen and oxygen atoms in total. The molecule has 1 aromatic rings. The first-order valence-corrected chi connectivity index (χ1v) is 5.06. The lowest BCUT2D eigenvalue weighted by Crippen LogP contribution is -1.82. The summed E-state index contributed by atoms with van der Waals surface area (Å²) in [7, 11) is 0. The number of hydrogen-bond donors (Lipinski definition) is 0. The molecule has 0 aliphatic rings. The molecule has 0 saturated heterocycles. The normalized spacial score (nSPS) is 9.85. The molecule has 4 heteroatoms.